The van der Waals surface area contributed by atoms with Gasteiger partial charge in [0.1, 0.15) is 23.8 Å². The van der Waals surface area contributed by atoms with Crippen molar-refractivity contribution >= 4 is 0 Å². The number of ether oxygens (including phenoxy) is 1. The summed E-state index contributed by atoms with van der Waals surface area (Å²) in [4.78, 5) is 4.52. The number of hydrogen-bond acceptors (Lipinski definition) is 5. The van der Waals surface area contributed by atoms with Crippen molar-refractivity contribution < 1.29 is 14.4 Å². The molecule has 3 rings (SSSR count). The minimum atomic E-state index is -0.120. The summed E-state index contributed by atoms with van der Waals surface area (Å²) in [6.07, 6.45) is 0. The third-order valence-electron chi connectivity index (χ3n) is 3.86. The molecule has 0 spiro atoms. The van der Waals surface area contributed by atoms with Crippen LogP contribution in [0.4, 0.5) is 0 Å². The fourth-order valence-electron chi connectivity index (χ4n) is 2.35. The maximum Gasteiger partial charge on any atom is 0.226 e. The Kier molecular flexibility index (Phi) is 4.93. The Bertz CT molecular complexity index is 782. The number of benzene rings is 2. The van der Waals surface area contributed by atoms with E-state index in [2.05, 4.69) is 10.5 Å². The van der Waals surface area contributed by atoms with Gasteiger partial charge in [0.2, 0.25) is 5.89 Å². The van der Waals surface area contributed by atoms with E-state index in [1.165, 1.54) is 0 Å². The van der Waals surface area contributed by atoms with Crippen molar-refractivity contribution in [2.24, 2.45) is 0 Å². The Morgan fingerprint density at radius 2 is 1.83 bits per heavy atom. The summed E-state index contributed by atoms with van der Waals surface area (Å²) in [5.41, 5.74) is 4.93. The molecular weight excluding hydrogens is 304 g/mol. The summed E-state index contributed by atoms with van der Waals surface area (Å²) < 4.78 is 11.5. The number of nitrogens with one attached hydrogen (secondary N) is 1. The number of hydrogen-bond donors (Lipinski definition) is 2. The standard InChI is InChI=1S/C19H20N2O3/c1-13(21-22)15-8-10-17(11-9-15)23-12-18-14(2)24-19(20-18)16-6-4-3-5-7-16/h3-11,13,21-22H,12H2,1-2H3. The highest BCUT2D eigenvalue weighted by Crippen LogP contribution is 2.23. The molecule has 0 saturated carbocycles. The van der Waals surface area contributed by atoms with Crippen LogP contribution in [0.5, 0.6) is 5.75 Å². The van der Waals surface area contributed by atoms with Crippen LogP contribution < -0.4 is 10.2 Å². The molecule has 0 fully saturated rings. The first-order valence-electron chi connectivity index (χ1n) is 7.81. The van der Waals surface area contributed by atoms with E-state index in [0.29, 0.717) is 12.5 Å². The molecule has 3 aromatic rings. The summed E-state index contributed by atoms with van der Waals surface area (Å²) in [7, 11) is 0. The van der Waals surface area contributed by atoms with E-state index >= 15 is 0 Å². The fourth-order valence-corrected chi connectivity index (χ4v) is 2.35. The van der Waals surface area contributed by atoms with Crippen LogP contribution in [0.3, 0.4) is 0 Å². The molecule has 1 heterocycles. The fraction of sp³-hybridized carbons (Fsp3) is 0.211. The van der Waals surface area contributed by atoms with Gasteiger partial charge in [0.25, 0.3) is 0 Å². The van der Waals surface area contributed by atoms with E-state index in [9.17, 15) is 0 Å². The number of aryl methyl sites for hydroxylation is 1. The summed E-state index contributed by atoms with van der Waals surface area (Å²) >= 11 is 0. The minimum absolute atomic E-state index is 0.120. The molecule has 24 heavy (non-hydrogen) atoms. The average Bonchev–Trinajstić information content (AvgIpc) is 3.01. The van der Waals surface area contributed by atoms with Crippen molar-refractivity contribution in [3.8, 4) is 17.2 Å². The van der Waals surface area contributed by atoms with Crippen LogP contribution in [0, 0.1) is 6.92 Å². The van der Waals surface area contributed by atoms with Crippen molar-refractivity contribution in [1.82, 2.24) is 10.5 Å². The molecule has 2 N–H and O–H groups in total. The van der Waals surface area contributed by atoms with Gasteiger partial charge in [0.05, 0.1) is 6.04 Å². The van der Waals surface area contributed by atoms with Crippen LogP contribution in [0.2, 0.25) is 0 Å². The second-order valence-electron chi connectivity index (χ2n) is 5.60. The molecule has 0 bridgehead atoms. The molecule has 2 aromatic carbocycles. The highest BCUT2D eigenvalue weighted by atomic mass is 16.5. The normalized spacial score (nSPS) is 12.1. The van der Waals surface area contributed by atoms with E-state index in [1.54, 1.807) is 0 Å². The predicted octanol–water partition coefficient (Wildman–Crippen LogP) is 4.27. The Hall–Kier alpha value is -2.63. The van der Waals surface area contributed by atoms with E-state index in [0.717, 1.165) is 28.3 Å². The first kappa shape index (κ1) is 16.2. The van der Waals surface area contributed by atoms with Gasteiger partial charge in [-0.1, -0.05) is 30.3 Å². The molecule has 0 radical (unpaired) electrons. The number of aromatic nitrogens is 1. The Balaban J connectivity index is 1.68. The highest BCUT2D eigenvalue weighted by molar-refractivity contribution is 5.53. The van der Waals surface area contributed by atoms with E-state index < -0.39 is 0 Å². The quantitative estimate of drug-likeness (QED) is 0.663. The summed E-state index contributed by atoms with van der Waals surface area (Å²) in [6.45, 7) is 4.10. The molecule has 0 aliphatic carbocycles. The van der Waals surface area contributed by atoms with Gasteiger partial charge in [-0.05, 0) is 43.7 Å². The smallest absolute Gasteiger partial charge is 0.226 e. The molecule has 0 aliphatic rings. The van der Waals surface area contributed by atoms with Crippen molar-refractivity contribution in [2.75, 3.05) is 0 Å². The monoisotopic (exact) mass is 324 g/mol. The Morgan fingerprint density at radius 1 is 1.12 bits per heavy atom. The lowest BCUT2D eigenvalue weighted by molar-refractivity contribution is 0.133. The van der Waals surface area contributed by atoms with Gasteiger partial charge >= 0.3 is 0 Å². The van der Waals surface area contributed by atoms with Crippen molar-refractivity contribution in [3.63, 3.8) is 0 Å². The third-order valence-corrected chi connectivity index (χ3v) is 3.86. The summed E-state index contributed by atoms with van der Waals surface area (Å²) in [5.74, 6) is 2.10. The lowest BCUT2D eigenvalue weighted by atomic mass is 10.1. The van der Waals surface area contributed by atoms with Crippen molar-refractivity contribution in [1.29, 1.82) is 0 Å². The average molecular weight is 324 g/mol. The van der Waals surface area contributed by atoms with Gasteiger partial charge in [0.15, 0.2) is 0 Å². The number of nitrogens with zero attached hydrogens (tertiary/aromatic N) is 1. The zero-order valence-electron chi connectivity index (χ0n) is 13.7. The van der Waals surface area contributed by atoms with Crippen molar-refractivity contribution in [3.05, 3.63) is 71.6 Å². The van der Waals surface area contributed by atoms with Crippen LogP contribution in [0.25, 0.3) is 11.5 Å². The van der Waals surface area contributed by atoms with Crippen LogP contribution in [0.15, 0.2) is 59.0 Å². The molecule has 1 atom stereocenters. The van der Waals surface area contributed by atoms with Gasteiger partial charge in [-0.3, -0.25) is 0 Å². The molecule has 5 nitrogen and oxygen atoms in total. The summed E-state index contributed by atoms with van der Waals surface area (Å²) in [6, 6.07) is 17.2. The zero-order valence-corrected chi connectivity index (χ0v) is 13.7. The molecule has 0 saturated heterocycles. The minimum Gasteiger partial charge on any atom is -0.487 e. The van der Waals surface area contributed by atoms with E-state index in [1.807, 2.05) is 68.4 Å². The second-order valence-corrected chi connectivity index (χ2v) is 5.60. The number of rotatable bonds is 6. The topological polar surface area (TPSA) is 67.5 Å². The molecule has 124 valence electrons. The lowest BCUT2D eigenvalue weighted by Gasteiger charge is -2.10. The molecule has 1 aromatic heterocycles. The Labute approximate surface area is 140 Å². The second kappa shape index (κ2) is 7.29. The van der Waals surface area contributed by atoms with Crippen molar-refractivity contribution in [2.45, 2.75) is 26.5 Å². The number of oxazole rings is 1. The SMILES string of the molecule is Cc1oc(-c2ccccc2)nc1COc1ccc(C(C)NO)cc1. The first-order chi connectivity index (χ1) is 11.7. The maximum absolute atomic E-state index is 8.94. The molecule has 0 amide bonds. The third kappa shape index (κ3) is 3.64. The van der Waals surface area contributed by atoms with Gasteiger partial charge in [0, 0.05) is 5.56 Å². The first-order valence-corrected chi connectivity index (χ1v) is 7.81. The summed E-state index contributed by atoms with van der Waals surface area (Å²) in [5, 5.41) is 8.94. The lowest BCUT2D eigenvalue weighted by Crippen LogP contribution is -2.12. The van der Waals surface area contributed by atoms with Gasteiger partial charge in [-0.2, -0.15) is 5.48 Å². The van der Waals surface area contributed by atoms with Gasteiger partial charge < -0.3 is 14.4 Å². The predicted molar refractivity (Wildman–Crippen MR) is 90.8 cm³/mol. The maximum atomic E-state index is 8.94. The zero-order chi connectivity index (χ0) is 16.9. The van der Waals surface area contributed by atoms with E-state index in [4.69, 9.17) is 14.4 Å². The van der Waals surface area contributed by atoms with Crippen LogP contribution in [0.1, 0.15) is 30.0 Å². The van der Waals surface area contributed by atoms with Crippen LogP contribution in [-0.2, 0) is 6.61 Å². The number of hydroxylamine groups is 1. The molecular formula is C19H20N2O3. The van der Waals surface area contributed by atoms with Gasteiger partial charge in [-0.25, -0.2) is 4.98 Å². The van der Waals surface area contributed by atoms with E-state index in [-0.39, 0.29) is 6.04 Å². The van der Waals surface area contributed by atoms with Gasteiger partial charge in [-0.15, -0.1) is 0 Å². The Morgan fingerprint density at radius 3 is 2.50 bits per heavy atom. The molecule has 1 unspecified atom stereocenters. The molecule has 5 heteroatoms. The van der Waals surface area contributed by atoms with Crippen LogP contribution in [-0.4, -0.2) is 10.2 Å². The van der Waals surface area contributed by atoms with Crippen LogP contribution >= 0.6 is 0 Å². The molecule has 0 aliphatic heterocycles. The largest absolute Gasteiger partial charge is 0.487 e. The highest BCUT2D eigenvalue weighted by Gasteiger charge is 2.12.